The number of allylic oxidation sites excluding steroid dienone is 1. The maximum Gasteiger partial charge on any atom is 0.258 e. The molecule has 4 rings (SSSR count). The highest BCUT2D eigenvalue weighted by molar-refractivity contribution is 6.42. The van der Waals surface area contributed by atoms with Gasteiger partial charge in [0.25, 0.3) is 5.56 Å². The first-order chi connectivity index (χ1) is 14.9. The lowest BCUT2D eigenvalue weighted by Crippen LogP contribution is -2.33. The minimum atomic E-state index is -0.768. The van der Waals surface area contributed by atoms with Crippen LogP contribution in [0.15, 0.2) is 70.8 Å². The fraction of sp³-hybridized carbons (Fsp3) is 0.167. The normalized spacial score (nSPS) is 15.2. The molecule has 7 heteroatoms. The number of ether oxygens (including phenoxy) is 1. The lowest BCUT2D eigenvalue weighted by atomic mass is 9.84. The van der Waals surface area contributed by atoms with Crippen molar-refractivity contribution in [3.63, 3.8) is 0 Å². The Kier molecular flexibility index (Phi) is 5.77. The van der Waals surface area contributed by atoms with Gasteiger partial charge in [-0.1, -0.05) is 65.7 Å². The van der Waals surface area contributed by atoms with Crippen molar-refractivity contribution < 1.29 is 4.74 Å². The van der Waals surface area contributed by atoms with E-state index in [1.165, 1.54) is 0 Å². The van der Waals surface area contributed by atoms with Gasteiger partial charge in [-0.3, -0.25) is 4.79 Å². The van der Waals surface area contributed by atoms with Crippen molar-refractivity contribution in [2.75, 3.05) is 0 Å². The Balaban J connectivity index is 1.88. The van der Waals surface area contributed by atoms with E-state index in [1.807, 2.05) is 37.3 Å². The third kappa shape index (κ3) is 3.81. The van der Waals surface area contributed by atoms with Crippen LogP contribution in [-0.4, -0.2) is 4.57 Å². The van der Waals surface area contributed by atoms with E-state index in [0.717, 1.165) is 11.3 Å². The highest BCUT2D eigenvalue weighted by atomic mass is 35.5. The van der Waals surface area contributed by atoms with E-state index in [2.05, 4.69) is 6.07 Å². The summed E-state index contributed by atoms with van der Waals surface area (Å²) in [6, 6.07) is 18.9. The maximum absolute atomic E-state index is 13.6. The summed E-state index contributed by atoms with van der Waals surface area (Å²) >= 11 is 12.7. The first-order valence-corrected chi connectivity index (χ1v) is 10.5. The van der Waals surface area contributed by atoms with Crippen LogP contribution in [0.4, 0.5) is 0 Å². The quantitative estimate of drug-likeness (QED) is 0.609. The van der Waals surface area contributed by atoms with Gasteiger partial charge >= 0.3 is 0 Å². The first-order valence-electron chi connectivity index (χ1n) is 9.72. The van der Waals surface area contributed by atoms with Gasteiger partial charge in [-0.05, 0) is 30.5 Å². The zero-order chi connectivity index (χ0) is 22.1. The largest absolute Gasteiger partial charge is 0.440 e. The Morgan fingerprint density at radius 1 is 1.16 bits per heavy atom. The maximum atomic E-state index is 13.6. The van der Waals surface area contributed by atoms with Crippen LogP contribution < -0.4 is 16.0 Å². The summed E-state index contributed by atoms with van der Waals surface area (Å²) in [5.74, 6) is -0.482. The van der Waals surface area contributed by atoms with Crippen LogP contribution in [0.3, 0.4) is 0 Å². The van der Waals surface area contributed by atoms with Crippen molar-refractivity contribution in [3.05, 3.63) is 109 Å². The molecule has 156 valence electrons. The van der Waals surface area contributed by atoms with Crippen LogP contribution in [0, 0.1) is 18.3 Å². The van der Waals surface area contributed by atoms with Crippen LogP contribution in [-0.2, 0) is 13.0 Å². The van der Waals surface area contributed by atoms with Crippen LogP contribution in [0.25, 0.3) is 0 Å². The van der Waals surface area contributed by atoms with Gasteiger partial charge in [0.15, 0.2) is 0 Å². The molecule has 0 bridgehead atoms. The van der Waals surface area contributed by atoms with E-state index in [9.17, 15) is 10.1 Å². The molecule has 2 heterocycles. The molecule has 0 amide bonds. The summed E-state index contributed by atoms with van der Waals surface area (Å²) in [6.07, 6.45) is 0.687. The Morgan fingerprint density at radius 2 is 1.90 bits per heavy atom. The standard InChI is InChI=1S/C24H19Cl2N3O2/c1-14-12-19-21(24(30)29(14)11-10-15-6-3-2-4-7-15)20(17(13-27)23(28)31-19)16-8-5-9-18(25)22(16)26/h2-9,12,20H,10-11,28H2,1H3. The van der Waals surface area contributed by atoms with Gasteiger partial charge in [0.1, 0.15) is 17.4 Å². The Bertz CT molecular complexity index is 1290. The van der Waals surface area contributed by atoms with Crippen LogP contribution in [0.2, 0.25) is 10.0 Å². The second-order valence-corrected chi connectivity index (χ2v) is 8.11. The number of benzene rings is 2. The molecule has 1 aromatic heterocycles. The fourth-order valence-electron chi connectivity index (χ4n) is 3.90. The fourth-order valence-corrected chi connectivity index (χ4v) is 4.32. The van der Waals surface area contributed by atoms with Gasteiger partial charge in [-0.2, -0.15) is 5.26 Å². The van der Waals surface area contributed by atoms with Crippen molar-refractivity contribution >= 4 is 23.2 Å². The highest BCUT2D eigenvalue weighted by Crippen LogP contribution is 2.44. The van der Waals surface area contributed by atoms with E-state index < -0.39 is 5.92 Å². The monoisotopic (exact) mass is 451 g/mol. The van der Waals surface area contributed by atoms with Gasteiger partial charge in [-0.25, -0.2) is 0 Å². The van der Waals surface area contributed by atoms with Crippen molar-refractivity contribution in [2.24, 2.45) is 5.73 Å². The van der Waals surface area contributed by atoms with Crippen LogP contribution >= 0.6 is 23.2 Å². The van der Waals surface area contributed by atoms with Crippen molar-refractivity contribution in [1.82, 2.24) is 4.57 Å². The highest BCUT2D eigenvalue weighted by Gasteiger charge is 2.35. The molecule has 5 nitrogen and oxygen atoms in total. The molecule has 0 aliphatic carbocycles. The number of pyridine rings is 1. The molecular weight excluding hydrogens is 433 g/mol. The molecule has 2 N–H and O–H groups in total. The summed E-state index contributed by atoms with van der Waals surface area (Å²) in [5.41, 5.74) is 8.66. The van der Waals surface area contributed by atoms with Gasteiger partial charge in [0.05, 0.1) is 21.5 Å². The van der Waals surface area contributed by atoms with Crippen LogP contribution in [0.1, 0.15) is 28.3 Å². The van der Waals surface area contributed by atoms with E-state index in [0.29, 0.717) is 34.9 Å². The van der Waals surface area contributed by atoms with E-state index >= 15 is 0 Å². The minimum Gasteiger partial charge on any atom is -0.440 e. The number of halogens is 2. The van der Waals surface area contributed by atoms with Crippen LogP contribution in [0.5, 0.6) is 5.75 Å². The third-order valence-corrected chi connectivity index (χ3v) is 6.28. The molecule has 1 aliphatic heterocycles. The summed E-state index contributed by atoms with van der Waals surface area (Å²) < 4.78 is 7.37. The molecule has 0 radical (unpaired) electrons. The van der Waals surface area contributed by atoms with E-state index in [-0.39, 0.29) is 22.0 Å². The Labute approximate surface area is 189 Å². The van der Waals surface area contributed by atoms with E-state index in [1.54, 1.807) is 28.8 Å². The second kappa shape index (κ2) is 8.50. The van der Waals surface area contributed by atoms with Gasteiger partial charge in [0.2, 0.25) is 5.88 Å². The average molecular weight is 452 g/mol. The lowest BCUT2D eigenvalue weighted by Gasteiger charge is -2.28. The predicted octanol–water partition coefficient (Wildman–Crippen LogP) is 4.92. The summed E-state index contributed by atoms with van der Waals surface area (Å²) in [6.45, 7) is 2.33. The van der Waals surface area contributed by atoms with E-state index in [4.69, 9.17) is 33.7 Å². The van der Waals surface area contributed by atoms with Gasteiger partial charge < -0.3 is 15.0 Å². The molecule has 1 unspecified atom stereocenters. The molecule has 1 aliphatic rings. The minimum absolute atomic E-state index is 0.0446. The molecule has 0 saturated heterocycles. The molecule has 3 aromatic rings. The Morgan fingerprint density at radius 3 is 2.61 bits per heavy atom. The number of fused-ring (bicyclic) bond motifs is 1. The first kappa shape index (κ1) is 21.0. The third-order valence-electron chi connectivity index (χ3n) is 5.45. The molecule has 0 fully saturated rings. The lowest BCUT2D eigenvalue weighted by molar-refractivity contribution is 0.388. The SMILES string of the molecule is Cc1cc2c(c(=O)n1CCc1ccccc1)C(c1cccc(Cl)c1Cl)C(C#N)=C(N)O2. The number of nitrogens with zero attached hydrogens (tertiary/aromatic N) is 2. The number of rotatable bonds is 4. The van der Waals surface area contributed by atoms with Crippen molar-refractivity contribution in [1.29, 1.82) is 5.26 Å². The smallest absolute Gasteiger partial charge is 0.258 e. The molecule has 2 aromatic carbocycles. The zero-order valence-corrected chi connectivity index (χ0v) is 18.2. The second-order valence-electron chi connectivity index (χ2n) is 7.32. The summed E-state index contributed by atoms with van der Waals surface area (Å²) in [7, 11) is 0. The molecule has 31 heavy (non-hydrogen) atoms. The molecule has 0 saturated carbocycles. The average Bonchev–Trinajstić information content (AvgIpc) is 2.75. The molecular formula is C24H19Cl2N3O2. The number of hydrogen-bond acceptors (Lipinski definition) is 4. The Hall–Kier alpha value is -3.20. The molecule has 0 spiro atoms. The number of nitriles is 1. The number of nitrogens with two attached hydrogens (primary N) is 1. The predicted molar refractivity (Wildman–Crippen MR) is 121 cm³/mol. The summed E-state index contributed by atoms with van der Waals surface area (Å²) in [4.78, 5) is 13.6. The van der Waals surface area contributed by atoms with Crippen molar-refractivity contribution in [2.45, 2.75) is 25.8 Å². The number of aromatic nitrogens is 1. The van der Waals surface area contributed by atoms with Crippen molar-refractivity contribution in [3.8, 4) is 11.8 Å². The molecule has 1 atom stereocenters. The zero-order valence-electron chi connectivity index (χ0n) is 16.7. The summed E-state index contributed by atoms with van der Waals surface area (Å²) in [5, 5.41) is 10.4. The van der Waals surface area contributed by atoms with Gasteiger partial charge in [0, 0.05) is 18.3 Å². The van der Waals surface area contributed by atoms with Gasteiger partial charge in [-0.15, -0.1) is 0 Å². The topological polar surface area (TPSA) is 81.0 Å². The number of hydrogen-bond donors (Lipinski definition) is 1. The number of aryl methyl sites for hydroxylation is 2.